The zero-order valence-corrected chi connectivity index (χ0v) is 22.5. The van der Waals surface area contributed by atoms with Gasteiger partial charge in [-0.25, -0.2) is 0 Å². The van der Waals surface area contributed by atoms with Crippen molar-refractivity contribution in [3.63, 3.8) is 0 Å². The number of nitrogens with two attached hydrogens (primary N) is 1. The molecule has 6 heteroatoms. The molecule has 0 saturated heterocycles. The summed E-state index contributed by atoms with van der Waals surface area (Å²) in [6.45, 7) is 5.19. The molecule has 1 unspecified atom stereocenters. The van der Waals surface area contributed by atoms with Crippen molar-refractivity contribution in [1.82, 2.24) is 5.32 Å². The first-order chi connectivity index (χ1) is 17.6. The maximum Gasteiger partial charge on any atom is 0.251 e. The molecule has 2 aliphatic rings. The standard InChI is InChI=1S/C31H41N3O3/c1-4-14-31(15-6-5-7-21-8-10-24-17-22(20-32)9-11-23(24)16-21)19-27(34-29(35)30(2,3)36)26-18-25(33)12-13-28(26)37-31/h9,11-13,17-18,21,27,36H,4-8,10,14-16,19,33H2,1-3H3,(H,34,35)/t21-,27+,31?/m1/s1. The van der Waals surface area contributed by atoms with Crippen molar-refractivity contribution in [3.8, 4) is 11.8 Å². The van der Waals surface area contributed by atoms with E-state index in [0.717, 1.165) is 61.8 Å². The maximum atomic E-state index is 12.7. The van der Waals surface area contributed by atoms with Crippen LogP contribution in [0, 0.1) is 17.2 Å². The van der Waals surface area contributed by atoms with E-state index in [1.807, 2.05) is 24.3 Å². The summed E-state index contributed by atoms with van der Waals surface area (Å²) in [5.74, 6) is 1.06. The second-order valence-electron chi connectivity index (χ2n) is 11.6. The van der Waals surface area contributed by atoms with E-state index in [2.05, 4.69) is 30.4 Å². The summed E-state index contributed by atoms with van der Waals surface area (Å²) in [4.78, 5) is 12.7. The highest BCUT2D eigenvalue weighted by molar-refractivity contribution is 5.84. The number of nitrogen functional groups attached to an aromatic ring is 1. The lowest BCUT2D eigenvalue weighted by atomic mass is 9.78. The number of carbonyl (C=O) groups is 1. The fourth-order valence-corrected chi connectivity index (χ4v) is 6.07. The number of ether oxygens (including phenoxy) is 1. The number of hydrogen-bond acceptors (Lipinski definition) is 5. The number of benzene rings is 2. The molecular weight excluding hydrogens is 462 g/mol. The molecule has 0 fully saturated rings. The molecule has 198 valence electrons. The predicted molar refractivity (Wildman–Crippen MR) is 146 cm³/mol. The van der Waals surface area contributed by atoms with Gasteiger partial charge in [-0.2, -0.15) is 5.26 Å². The molecule has 0 saturated carbocycles. The van der Waals surface area contributed by atoms with Crippen molar-refractivity contribution < 1.29 is 14.6 Å². The minimum Gasteiger partial charge on any atom is -0.487 e. The molecule has 2 aromatic rings. The van der Waals surface area contributed by atoms with Gasteiger partial charge >= 0.3 is 0 Å². The molecule has 4 rings (SSSR count). The highest BCUT2D eigenvalue weighted by Crippen LogP contribution is 2.45. The van der Waals surface area contributed by atoms with Crippen LogP contribution in [0.1, 0.15) is 100 Å². The normalized spacial score (nSPS) is 22.8. The topological polar surface area (TPSA) is 108 Å². The average molecular weight is 504 g/mol. The molecule has 37 heavy (non-hydrogen) atoms. The van der Waals surface area contributed by atoms with E-state index in [1.54, 1.807) is 0 Å². The number of amides is 1. The largest absolute Gasteiger partial charge is 0.487 e. The SMILES string of the molecule is CCCC1(CCCC[C@@H]2CCc3cc(C#N)ccc3C2)C[C@H](NC(=O)C(C)(C)O)c2cc(N)ccc2O1. The fraction of sp³-hybridized carbons (Fsp3) is 0.548. The Balaban J connectivity index is 1.41. The number of hydrogen-bond donors (Lipinski definition) is 3. The lowest BCUT2D eigenvalue weighted by Gasteiger charge is -2.43. The van der Waals surface area contributed by atoms with Gasteiger partial charge in [-0.05, 0) is 99.7 Å². The summed E-state index contributed by atoms with van der Waals surface area (Å²) in [5.41, 5.74) is 9.26. The Bertz CT molecular complexity index is 1160. The summed E-state index contributed by atoms with van der Waals surface area (Å²) < 4.78 is 6.68. The van der Waals surface area contributed by atoms with E-state index in [1.165, 1.54) is 37.8 Å². The molecule has 3 atom stereocenters. The van der Waals surface area contributed by atoms with Crippen LogP contribution >= 0.6 is 0 Å². The summed E-state index contributed by atoms with van der Waals surface area (Å²) >= 11 is 0. The van der Waals surface area contributed by atoms with Crippen molar-refractivity contribution in [2.75, 3.05) is 5.73 Å². The second kappa shape index (κ2) is 11.1. The van der Waals surface area contributed by atoms with Gasteiger partial charge in [0.2, 0.25) is 0 Å². The maximum absolute atomic E-state index is 12.7. The van der Waals surface area contributed by atoms with Crippen LogP contribution in [0.3, 0.4) is 0 Å². The lowest BCUT2D eigenvalue weighted by Crippen LogP contribution is -2.49. The van der Waals surface area contributed by atoms with E-state index in [0.29, 0.717) is 18.0 Å². The van der Waals surface area contributed by atoms with Crippen LogP contribution in [0.15, 0.2) is 36.4 Å². The quantitative estimate of drug-likeness (QED) is 0.298. The fourth-order valence-electron chi connectivity index (χ4n) is 6.07. The van der Waals surface area contributed by atoms with Gasteiger partial charge in [0.1, 0.15) is 17.0 Å². The van der Waals surface area contributed by atoms with Gasteiger partial charge in [-0.15, -0.1) is 0 Å². The van der Waals surface area contributed by atoms with E-state index in [9.17, 15) is 9.90 Å². The molecule has 1 amide bonds. The molecule has 0 aromatic heterocycles. The Labute approximate surface area is 221 Å². The van der Waals surface area contributed by atoms with Crippen LogP contribution in [-0.4, -0.2) is 22.2 Å². The predicted octanol–water partition coefficient (Wildman–Crippen LogP) is 5.76. The molecule has 0 spiro atoms. The van der Waals surface area contributed by atoms with Gasteiger partial charge in [-0.3, -0.25) is 4.79 Å². The number of unbranched alkanes of at least 4 members (excludes halogenated alkanes) is 1. The number of anilines is 1. The Morgan fingerprint density at radius 1 is 1.22 bits per heavy atom. The number of rotatable bonds is 9. The number of aliphatic hydroxyl groups is 1. The van der Waals surface area contributed by atoms with Gasteiger partial charge in [0, 0.05) is 17.7 Å². The third-order valence-electron chi connectivity index (χ3n) is 8.04. The summed E-state index contributed by atoms with van der Waals surface area (Å²) in [5, 5.41) is 22.5. The minimum absolute atomic E-state index is 0.258. The molecule has 0 radical (unpaired) electrons. The molecule has 1 aliphatic carbocycles. The van der Waals surface area contributed by atoms with Crippen LogP contribution in [0.2, 0.25) is 0 Å². The van der Waals surface area contributed by atoms with Gasteiger partial charge in [-0.1, -0.05) is 32.3 Å². The Hall–Kier alpha value is -3.04. The van der Waals surface area contributed by atoms with Crippen LogP contribution < -0.4 is 15.8 Å². The van der Waals surface area contributed by atoms with Crippen LogP contribution in [-0.2, 0) is 17.6 Å². The van der Waals surface area contributed by atoms with Crippen molar-refractivity contribution in [1.29, 1.82) is 5.26 Å². The average Bonchev–Trinajstić information content (AvgIpc) is 2.86. The molecular formula is C31H41N3O3. The van der Waals surface area contributed by atoms with Crippen LogP contribution in [0.4, 0.5) is 5.69 Å². The number of nitriles is 1. The number of nitrogens with one attached hydrogen (secondary N) is 1. The minimum atomic E-state index is -1.46. The molecule has 6 nitrogen and oxygen atoms in total. The number of nitrogens with zero attached hydrogens (tertiary/aromatic N) is 1. The van der Waals surface area contributed by atoms with E-state index >= 15 is 0 Å². The first kappa shape index (κ1) is 27.0. The van der Waals surface area contributed by atoms with Crippen LogP contribution in [0.5, 0.6) is 5.75 Å². The summed E-state index contributed by atoms with van der Waals surface area (Å²) in [6, 6.07) is 13.8. The first-order valence-electron chi connectivity index (χ1n) is 13.8. The van der Waals surface area contributed by atoms with Gasteiger partial charge in [0.05, 0.1) is 17.7 Å². The third-order valence-corrected chi connectivity index (χ3v) is 8.04. The van der Waals surface area contributed by atoms with Gasteiger partial charge in [0.25, 0.3) is 5.91 Å². The van der Waals surface area contributed by atoms with Gasteiger partial charge < -0.3 is 20.9 Å². The second-order valence-corrected chi connectivity index (χ2v) is 11.6. The Morgan fingerprint density at radius 2 is 2.03 bits per heavy atom. The van der Waals surface area contributed by atoms with Crippen molar-refractivity contribution >= 4 is 11.6 Å². The molecule has 1 heterocycles. The molecule has 1 aliphatic heterocycles. The van der Waals surface area contributed by atoms with E-state index in [4.69, 9.17) is 15.7 Å². The Kier molecular flexibility index (Phi) is 8.14. The molecule has 4 N–H and O–H groups in total. The smallest absolute Gasteiger partial charge is 0.251 e. The lowest BCUT2D eigenvalue weighted by molar-refractivity contribution is -0.138. The van der Waals surface area contributed by atoms with Gasteiger partial charge in [0.15, 0.2) is 0 Å². The highest BCUT2D eigenvalue weighted by Gasteiger charge is 2.41. The van der Waals surface area contributed by atoms with Crippen molar-refractivity contribution in [3.05, 3.63) is 58.7 Å². The zero-order valence-electron chi connectivity index (χ0n) is 22.5. The zero-order chi connectivity index (χ0) is 26.6. The van der Waals surface area contributed by atoms with Crippen molar-refractivity contribution in [2.45, 2.75) is 102 Å². The monoisotopic (exact) mass is 503 g/mol. The van der Waals surface area contributed by atoms with E-state index in [-0.39, 0.29) is 11.6 Å². The van der Waals surface area contributed by atoms with Crippen molar-refractivity contribution in [2.24, 2.45) is 5.92 Å². The first-order valence-corrected chi connectivity index (χ1v) is 13.8. The Morgan fingerprint density at radius 3 is 2.76 bits per heavy atom. The van der Waals surface area contributed by atoms with Crippen LogP contribution in [0.25, 0.3) is 0 Å². The van der Waals surface area contributed by atoms with E-state index < -0.39 is 11.5 Å². The summed E-state index contributed by atoms with van der Waals surface area (Å²) in [6.07, 6.45) is 10.2. The number of carbonyl (C=O) groups excluding carboxylic acids is 1. The number of fused-ring (bicyclic) bond motifs is 2. The number of aryl methyl sites for hydroxylation is 1. The highest BCUT2D eigenvalue weighted by atomic mass is 16.5. The molecule has 2 aromatic carbocycles. The molecule has 0 bridgehead atoms. The third kappa shape index (κ3) is 6.45. The summed E-state index contributed by atoms with van der Waals surface area (Å²) in [7, 11) is 0.